The maximum atomic E-state index is 9.56. The van der Waals surface area contributed by atoms with E-state index in [2.05, 4.69) is 16.0 Å². The third-order valence-electron chi connectivity index (χ3n) is 3.54. The van der Waals surface area contributed by atoms with Gasteiger partial charge >= 0.3 is 0 Å². The summed E-state index contributed by atoms with van der Waals surface area (Å²) in [7, 11) is 0. The average Bonchev–Trinajstić information content (AvgIpc) is 2.78. The topological polar surface area (TPSA) is 53.6 Å². The average molecular weight is 256 g/mol. The fourth-order valence-corrected chi connectivity index (χ4v) is 2.61. The monoisotopic (exact) mass is 256 g/mol. The first kappa shape index (κ1) is 12.2. The van der Waals surface area contributed by atoms with Gasteiger partial charge in [0.05, 0.1) is 30.7 Å². The Morgan fingerprint density at radius 3 is 2.89 bits per heavy atom. The summed E-state index contributed by atoms with van der Waals surface area (Å²) in [5.74, 6) is 0. The lowest BCUT2D eigenvalue weighted by atomic mass is 10.1. The van der Waals surface area contributed by atoms with Crippen molar-refractivity contribution in [3.8, 4) is 6.07 Å². The molecule has 1 aliphatic rings. The minimum absolute atomic E-state index is 0.263. The number of rotatable bonds is 2. The summed E-state index contributed by atoms with van der Waals surface area (Å²) in [5.41, 5.74) is 2.78. The second kappa shape index (κ2) is 5.00. The van der Waals surface area contributed by atoms with Crippen LogP contribution >= 0.6 is 0 Å². The zero-order chi connectivity index (χ0) is 13.2. The number of ether oxygens (including phenoxy) is 1. The smallest absolute Gasteiger partial charge is 0.141 e. The van der Waals surface area contributed by atoms with Crippen molar-refractivity contribution in [1.82, 2.24) is 14.3 Å². The van der Waals surface area contributed by atoms with Crippen molar-refractivity contribution in [2.24, 2.45) is 0 Å². The molecule has 2 aromatic heterocycles. The van der Waals surface area contributed by atoms with Crippen molar-refractivity contribution in [2.45, 2.75) is 13.0 Å². The van der Waals surface area contributed by atoms with Crippen LogP contribution in [0.25, 0.3) is 5.65 Å². The Hall–Kier alpha value is -1.90. The molecule has 1 fully saturated rings. The van der Waals surface area contributed by atoms with E-state index in [1.807, 2.05) is 35.7 Å². The first-order valence-corrected chi connectivity index (χ1v) is 6.46. The second-order valence-electron chi connectivity index (χ2n) is 4.69. The molecule has 1 aliphatic heterocycles. The van der Waals surface area contributed by atoms with E-state index in [0.717, 1.165) is 30.1 Å². The fourth-order valence-electron chi connectivity index (χ4n) is 2.61. The van der Waals surface area contributed by atoms with Gasteiger partial charge in [-0.1, -0.05) is 6.07 Å². The standard InChI is InChI=1S/C14H16N4O/c1-11-14(18-5-3-2-4-13(18)16-11)12(10-15)17-6-8-19-9-7-17/h2-5,12H,6-9H2,1H3. The molecule has 1 saturated heterocycles. The van der Waals surface area contributed by atoms with Crippen molar-refractivity contribution in [3.05, 3.63) is 35.8 Å². The van der Waals surface area contributed by atoms with E-state index in [0.29, 0.717) is 13.2 Å². The summed E-state index contributed by atoms with van der Waals surface area (Å²) in [6.45, 7) is 4.92. The Balaban J connectivity index is 2.06. The van der Waals surface area contributed by atoms with Crippen LogP contribution in [0.5, 0.6) is 0 Å². The lowest BCUT2D eigenvalue weighted by molar-refractivity contribution is 0.0257. The number of nitriles is 1. The largest absolute Gasteiger partial charge is 0.379 e. The number of aromatic nitrogens is 2. The predicted octanol–water partition coefficient (Wildman–Crippen LogP) is 1.54. The molecule has 3 rings (SSSR count). The van der Waals surface area contributed by atoms with Gasteiger partial charge in [-0.2, -0.15) is 5.26 Å². The summed E-state index contributed by atoms with van der Waals surface area (Å²) >= 11 is 0. The van der Waals surface area contributed by atoms with Crippen LogP contribution in [0.15, 0.2) is 24.4 Å². The zero-order valence-corrected chi connectivity index (χ0v) is 10.9. The summed E-state index contributed by atoms with van der Waals surface area (Å²) in [6, 6.07) is 8.04. The first-order valence-electron chi connectivity index (χ1n) is 6.46. The molecule has 19 heavy (non-hydrogen) atoms. The number of hydrogen-bond donors (Lipinski definition) is 0. The molecular weight excluding hydrogens is 240 g/mol. The van der Waals surface area contributed by atoms with Crippen LogP contribution in [0.2, 0.25) is 0 Å². The number of aryl methyl sites for hydroxylation is 1. The van der Waals surface area contributed by atoms with E-state index in [-0.39, 0.29) is 6.04 Å². The third-order valence-corrected chi connectivity index (χ3v) is 3.54. The normalized spacial score (nSPS) is 18.3. The molecule has 0 aromatic carbocycles. The molecule has 0 amide bonds. The molecule has 0 saturated carbocycles. The van der Waals surface area contributed by atoms with E-state index < -0.39 is 0 Å². The molecule has 5 heteroatoms. The molecule has 0 aliphatic carbocycles. The third kappa shape index (κ3) is 2.09. The van der Waals surface area contributed by atoms with Gasteiger partial charge in [-0.15, -0.1) is 0 Å². The van der Waals surface area contributed by atoms with E-state index in [4.69, 9.17) is 4.74 Å². The minimum atomic E-state index is -0.263. The molecule has 0 N–H and O–H groups in total. The van der Waals surface area contributed by atoms with Gasteiger partial charge in [0.15, 0.2) is 0 Å². The van der Waals surface area contributed by atoms with Crippen LogP contribution in [0.3, 0.4) is 0 Å². The second-order valence-corrected chi connectivity index (χ2v) is 4.69. The van der Waals surface area contributed by atoms with Crippen LogP contribution in [0.1, 0.15) is 17.4 Å². The lowest BCUT2D eigenvalue weighted by Crippen LogP contribution is -2.39. The molecule has 0 spiro atoms. The van der Waals surface area contributed by atoms with Crippen LogP contribution in [0, 0.1) is 18.3 Å². The predicted molar refractivity (Wildman–Crippen MR) is 70.7 cm³/mol. The molecule has 5 nitrogen and oxygen atoms in total. The molecular formula is C14H16N4O. The summed E-state index contributed by atoms with van der Waals surface area (Å²) in [4.78, 5) is 6.69. The van der Waals surface area contributed by atoms with Crippen LogP contribution < -0.4 is 0 Å². The van der Waals surface area contributed by atoms with Gasteiger partial charge in [0, 0.05) is 19.3 Å². The Labute approximate surface area is 112 Å². The first-order chi connectivity index (χ1) is 9.31. The fraction of sp³-hybridized carbons (Fsp3) is 0.429. The number of morpholine rings is 1. The summed E-state index contributed by atoms with van der Waals surface area (Å²) < 4.78 is 7.37. The Kier molecular flexibility index (Phi) is 3.20. The van der Waals surface area contributed by atoms with Gasteiger partial charge in [-0.05, 0) is 19.1 Å². The van der Waals surface area contributed by atoms with Crippen molar-refractivity contribution in [1.29, 1.82) is 5.26 Å². The Morgan fingerprint density at radius 2 is 2.16 bits per heavy atom. The highest BCUT2D eigenvalue weighted by Gasteiger charge is 2.26. The molecule has 0 radical (unpaired) electrons. The maximum Gasteiger partial charge on any atom is 0.141 e. The van der Waals surface area contributed by atoms with Gasteiger partial charge < -0.3 is 9.14 Å². The lowest BCUT2D eigenvalue weighted by Gasteiger charge is -2.30. The SMILES string of the molecule is Cc1nc2ccccn2c1C(C#N)N1CCOCC1. The molecule has 1 unspecified atom stereocenters. The summed E-state index contributed by atoms with van der Waals surface area (Å²) in [5, 5.41) is 9.56. The maximum absolute atomic E-state index is 9.56. The highest BCUT2D eigenvalue weighted by atomic mass is 16.5. The quantitative estimate of drug-likeness (QED) is 0.818. The number of hydrogen-bond acceptors (Lipinski definition) is 4. The van der Waals surface area contributed by atoms with Gasteiger partial charge in [-0.3, -0.25) is 4.90 Å². The summed E-state index contributed by atoms with van der Waals surface area (Å²) in [6.07, 6.45) is 1.97. The van der Waals surface area contributed by atoms with Gasteiger partial charge in [0.1, 0.15) is 11.7 Å². The van der Waals surface area contributed by atoms with Crippen molar-refractivity contribution >= 4 is 5.65 Å². The Morgan fingerprint density at radius 1 is 1.37 bits per heavy atom. The molecule has 1 atom stereocenters. The van der Waals surface area contributed by atoms with Crippen LogP contribution in [-0.4, -0.2) is 40.6 Å². The Bertz CT molecular complexity index is 622. The van der Waals surface area contributed by atoms with E-state index in [9.17, 15) is 5.26 Å². The number of fused-ring (bicyclic) bond motifs is 1. The van der Waals surface area contributed by atoms with E-state index >= 15 is 0 Å². The van der Waals surface area contributed by atoms with Crippen LogP contribution in [0.4, 0.5) is 0 Å². The highest BCUT2D eigenvalue weighted by molar-refractivity contribution is 5.44. The van der Waals surface area contributed by atoms with Gasteiger partial charge in [-0.25, -0.2) is 4.98 Å². The number of nitrogens with zero attached hydrogens (tertiary/aromatic N) is 4. The zero-order valence-electron chi connectivity index (χ0n) is 10.9. The van der Waals surface area contributed by atoms with Crippen LogP contribution in [-0.2, 0) is 4.74 Å². The number of pyridine rings is 1. The molecule has 98 valence electrons. The highest BCUT2D eigenvalue weighted by Crippen LogP contribution is 2.25. The van der Waals surface area contributed by atoms with Crippen molar-refractivity contribution < 1.29 is 4.74 Å². The van der Waals surface area contributed by atoms with Crippen molar-refractivity contribution in [3.63, 3.8) is 0 Å². The van der Waals surface area contributed by atoms with Crippen molar-refractivity contribution in [2.75, 3.05) is 26.3 Å². The minimum Gasteiger partial charge on any atom is -0.379 e. The van der Waals surface area contributed by atoms with E-state index in [1.54, 1.807) is 0 Å². The molecule has 2 aromatic rings. The molecule has 0 bridgehead atoms. The van der Waals surface area contributed by atoms with Gasteiger partial charge in [0.25, 0.3) is 0 Å². The number of imidazole rings is 1. The molecule has 3 heterocycles. The van der Waals surface area contributed by atoms with Gasteiger partial charge in [0.2, 0.25) is 0 Å². The van der Waals surface area contributed by atoms with E-state index in [1.165, 1.54) is 0 Å².